The second-order valence-electron chi connectivity index (χ2n) is 11.4. The van der Waals surface area contributed by atoms with Crippen molar-refractivity contribution in [1.82, 2.24) is 39.9 Å². The van der Waals surface area contributed by atoms with Crippen LogP contribution in [0.4, 0.5) is 4.39 Å². The van der Waals surface area contributed by atoms with Crippen LogP contribution in [0.3, 0.4) is 0 Å². The number of aromatic nitrogens is 6. The van der Waals surface area contributed by atoms with Crippen LogP contribution in [0.25, 0.3) is 55.7 Å². The number of nitrogens with one attached hydrogen (secondary N) is 2. The Balaban J connectivity index is 1.21. The molecule has 7 rings (SSSR count). The minimum Gasteiger partial charge on any atom is -0.492 e. The van der Waals surface area contributed by atoms with Gasteiger partial charge in [-0.3, -0.25) is 20.0 Å². The highest BCUT2D eigenvalue weighted by molar-refractivity contribution is 6.00. The lowest BCUT2D eigenvalue weighted by Crippen LogP contribution is -2.25. The first-order valence-corrected chi connectivity index (χ1v) is 14.6. The number of rotatable bonds is 9. The molecule has 5 aromatic heterocycles. The van der Waals surface area contributed by atoms with E-state index in [9.17, 15) is 4.39 Å². The lowest BCUT2D eigenvalue weighted by Gasteiger charge is -2.15. The van der Waals surface area contributed by atoms with Gasteiger partial charge in [0.15, 0.2) is 5.65 Å². The average molecular weight is 577 g/mol. The Morgan fingerprint density at radius 1 is 0.930 bits per heavy atom. The van der Waals surface area contributed by atoms with E-state index in [0.29, 0.717) is 29.3 Å². The van der Waals surface area contributed by atoms with Crippen LogP contribution in [-0.2, 0) is 6.54 Å². The molecule has 0 aliphatic carbocycles. The number of ether oxygens (including phenoxy) is 1. The molecular weight excluding hydrogens is 543 g/mol. The predicted molar refractivity (Wildman–Crippen MR) is 166 cm³/mol. The number of fused-ring (bicyclic) bond motifs is 2. The third-order valence-electron chi connectivity index (χ3n) is 7.87. The van der Waals surface area contributed by atoms with Gasteiger partial charge >= 0.3 is 0 Å². The van der Waals surface area contributed by atoms with E-state index < -0.39 is 0 Å². The van der Waals surface area contributed by atoms with Gasteiger partial charge in [0.2, 0.25) is 0 Å². The number of halogens is 1. The third-order valence-corrected chi connectivity index (χ3v) is 7.87. The van der Waals surface area contributed by atoms with Crippen LogP contribution in [0, 0.1) is 5.82 Å². The number of likely N-dealkylation sites (tertiary alicyclic amines) is 1. The number of pyridine rings is 3. The van der Waals surface area contributed by atoms with Crippen LogP contribution in [0.15, 0.2) is 67.3 Å². The number of hydrogen-bond donors (Lipinski definition) is 2. The van der Waals surface area contributed by atoms with Crippen molar-refractivity contribution in [1.29, 1.82) is 0 Å². The fraction of sp³-hybridized carbons (Fsp3) is 0.273. The molecule has 0 unspecified atom stereocenters. The molecule has 0 bridgehead atoms. The van der Waals surface area contributed by atoms with E-state index in [2.05, 4.69) is 52.1 Å². The Labute approximate surface area is 248 Å². The van der Waals surface area contributed by atoms with E-state index in [0.717, 1.165) is 70.5 Å². The first kappa shape index (κ1) is 27.2. The molecule has 43 heavy (non-hydrogen) atoms. The van der Waals surface area contributed by atoms with Gasteiger partial charge in [-0.15, -0.1) is 0 Å². The maximum absolute atomic E-state index is 14.8. The zero-order chi connectivity index (χ0) is 29.3. The molecule has 0 radical (unpaired) electrons. The maximum atomic E-state index is 14.8. The molecule has 0 spiro atoms. The smallest absolute Gasteiger partial charge is 0.181 e. The Bertz CT molecular complexity index is 1910. The maximum Gasteiger partial charge on any atom is 0.181 e. The monoisotopic (exact) mass is 576 g/mol. The molecule has 0 amide bonds. The first-order valence-electron chi connectivity index (χ1n) is 14.6. The van der Waals surface area contributed by atoms with Crippen LogP contribution in [0.5, 0.6) is 5.75 Å². The number of H-pyrrole nitrogens is 2. The Hall–Kier alpha value is -4.67. The number of benzene rings is 1. The molecule has 218 valence electrons. The van der Waals surface area contributed by atoms with Gasteiger partial charge in [-0.1, -0.05) is 0 Å². The molecule has 0 saturated carbocycles. The molecule has 0 atom stereocenters. The average Bonchev–Trinajstić information content (AvgIpc) is 3.76. The summed E-state index contributed by atoms with van der Waals surface area (Å²) in [5.74, 6) is 0.150. The Morgan fingerprint density at radius 3 is 2.65 bits per heavy atom. The van der Waals surface area contributed by atoms with E-state index in [-0.39, 0.29) is 5.82 Å². The van der Waals surface area contributed by atoms with Crippen molar-refractivity contribution >= 4 is 21.9 Å². The van der Waals surface area contributed by atoms with Gasteiger partial charge in [-0.05, 0) is 82.0 Å². The molecule has 6 heterocycles. The van der Waals surface area contributed by atoms with Gasteiger partial charge in [0.25, 0.3) is 0 Å². The summed E-state index contributed by atoms with van der Waals surface area (Å²) in [6.07, 6.45) is 9.75. The molecule has 1 fully saturated rings. The highest BCUT2D eigenvalue weighted by Crippen LogP contribution is 2.35. The normalized spacial score (nSPS) is 14.0. The minimum absolute atomic E-state index is 0.356. The van der Waals surface area contributed by atoms with Crippen molar-refractivity contribution in [3.05, 3.63) is 78.6 Å². The molecule has 9 nitrogen and oxygen atoms in total. The summed E-state index contributed by atoms with van der Waals surface area (Å²) < 4.78 is 20.7. The largest absolute Gasteiger partial charge is 0.492 e. The SMILES string of the molecule is CN(C)Cc1cncc(-c2cnc3n[nH]c(-c4cc5c(-c6cc(F)cc(OCCN7CCCC7)c6)nccc5[nH]4)c3c2)c1. The van der Waals surface area contributed by atoms with E-state index in [1.165, 1.54) is 25.0 Å². The third kappa shape index (κ3) is 5.71. The number of hydrogen-bond acceptors (Lipinski definition) is 7. The lowest BCUT2D eigenvalue weighted by molar-refractivity contribution is 0.237. The molecule has 1 aliphatic heterocycles. The molecule has 10 heteroatoms. The topological polar surface area (TPSA) is 98.8 Å². The second kappa shape index (κ2) is 11.5. The van der Waals surface area contributed by atoms with Gasteiger partial charge in [-0.2, -0.15) is 5.10 Å². The highest BCUT2D eigenvalue weighted by atomic mass is 19.1. The summed E-state index contributed by atoms with van der Waals surface area (Å²) in [7, 11) is 4.08. The summed E-state index contributed by atoms with van der Waals surface area (Å²) in [5.41, 5.74) is 7.57. The second-order valence-corrected chi connectivity index (χ2v) is 11.4. The summed E-state index contributed by atoms with van der Waals surface area (Å²) >= 11 is 0. The Morgan fingerprint density at radius 2 is 1.79 bits per heavy atom. The fourth-order valence-electron chi connectivity index (χ4n) is 5.86. The quantitative estimate of drug-likeness (QED) is 0.221. The van der Waals surface area contributed by atoms with Crippen LogP contribution in [0.1, 0.15) is 18.4 Å². The van der Waals surface area contributed by atoms with Gasteiger partial charge in [0.1, 0.15) is 18.2 Å². The van der Waals surface area contributed by atoms with Crippen molar-refractivity contribution in [3.8, 4) is 39.5 Å². The summed E-state index contributed by atoms with van der Waals surface area (Å²) in [6, 6.07) is 13.0. The molecule has 1 saturated heterocycles. The van der Waals surface area contributed by atoms with E-state index in [1.54, 1.807) is 6.20 Å². The van der Waals surface area contributed by atoms with Crippen LogP contribution in [0.2, 0.25) is 0 Å². The van der Waals surface area contributed by atoms with E-state index in [1.807, 2.05) is 50.9 Å². The van der Waals surface area contributed by atoms with Gasteiger partial charge in [-0.25, -0.2) is 9.37 Å². The minimum atomic E-state index is -0.356. The standard InChI is InChI=1S/C33H33FN8O/c1-41(2)20-21-11-23(18-35-17-21)24-14-28-32(39-40-33(28)37-19-24)30-16-27-29(38-30)5-6-36-31(27)22-12-25(34)15-26(13-22)43-10-9-42-7-3-4-8-42/h5-6,11-19,38H,3-4,7-10,20H2,1-2H3,(H,37,39,40). The van der Waals surface area contributed by atoms with E-state index in [4.69, 9.17) is 4.74 Å². The first-order chi connectivity index (χ1) is 21.0. The van der Waals surface area contributed by atoms with Crippen molar-refractivity contribution in [2.24, 2.45) is 0 Å². The van der Waals surface area contributed by atoms with Crippen molar-refractivity contribution in [2.45, 2.75) is 19.4 Å². The van der Waals surface area contributed by atoms with Gasteiger partial charge in [0, 0.05) is 76.9 Å². The van der Waals surface area contributed by atoms with Crippen LogP contribution >= 0.6 is 0 Å². The van der Waals surface area contributed by atoms with Gasteiger partial charge < -0.3 is 14.6 Å². The molecule has 1 aromatic carbocycles. The molecule has 2 N–H and O–H groups in total. The Kier molecular flexibility index (Phi) is 7.30. The molecular formula is C33H33FN8O. The summed E-state index contributed by atoms with van der Waals surface area (Å²) in [5, 5.41) is 9.37. The van der Waals surface area contributed by atoms with Crippen molar-refractivity contribution in [2.75, 3.05) is 40.3 Å². The van der Waals surface area contributed by atoms with E-state index >= 15 is 0 Å². The number of aromatic amines is 2. The van der Waals surface area contributed by atoms with Crippen LogP contribution in [-0.4, -0.2) is 80.3 Å². The summed E-state index contributed by atoms with van der Waals surface area (Å²) in [4.78, 5) is 21.7. The zero-order valence-electron chi connectivity index (χ0n) is 24.3. The van der Waals surface area contributed by atoms with Crippen molar-refractivity contribution < 1.29 is 9.13 Å². The van der Waals surface area contributed by atoms with Gasteiger partial charge in [0.05, 0.1) is 17.1 Å². The highest BCUT2D eigenvalue weighted by Gasteiger charge is 2.17. The number of nitrogens with zero attached hydrogens (tertiary/aromatic N) is 6. The molecule has 6 aromatic rings. The lowest BCUT2D eigenvalue weighted by atomic mass is 10.1. The predicted octanol–water partition coefficient (Wildman–Crippen LogP) is 5.91. The zero-order valence-corrected chi connectivity index (χ0v) is 24.3. The van der Waals surface area contributed by atoms with Crippen LogP contribution < -0.4 is 4.74 Å². The molecule has 1 aliphatic rings. The summed E-state index contributed by atoms with van der Waals surface area (Å²) in [6.45, 7) is 4.37. The van der Waals surface area contributed by atoms with Crippen molar-refractivity contribution in [3.63, 3.8) is 0 Å². The fourth-order valence-corrected chi connectivity index (χ4v) is 5.86.